The van der Waals surface area contributed by atoms with Gasteiger partial charge in [-0.2, -0.15) is 12.6 Å². The lowest BCUT2D eigenvalue weighted by Crippen LogP contribution is -2.39. The van der Waals surface area contributed by atoms with Crippen molar-refractivity contribution in [2.75, 3.05) is 13.1 Å². The first-order valence-corrected chi connectivity index (χ1v) is 7.72. The fourth-order valence-electron chi connectivity index (χ4n) is 2.65. The van der Waals surface area contributed by atoms with Crippen LogP contribution in [0.3, 0.4) is 0 Å². The van der Waals surface area contributed by atoms with Crippen LogP contribution in [0.1, 0.15) is 53.9 Å². The van der Waals surface area contributed by atoms with E-state index in [1.165, 1.54) is 6.42 Å². The first kappa shape index (κ1) is 15.9. The average Bonchev–Trinajstić information content (AvgIpc) is 2.51. The Morgan fingerprint density at radius 3 is 2.33 bits per heavy atom. The molecule has 0 saturated carbocycles. The van der Waals surface area contributed by atoms with E-state index in [-0.39, 0.29) is 11.2 Å². The van der Waals surface area contributed by atoms with Gasteiger partial charge in [-0.1, -0.05) is 34.6 Å². The second kappa shape index (κ2) is 6.31. The van der Waals surface area contributed by atoms with Gasteiger partial charge in [-0.25, -0.2) is 0 Å². The molecule has 1 aliphatic rings. The van der Waals surface area contributed by atoms with Crippen molar-refractivity contribution in [2.24, 2.45) is 17.3 Å². The van der Waals surface area contributed by atoms with Crippen LogP contribution < -0.4 is 0 Å². The molecule has 1 amide bonds. The molecule has 0 aliphatic carbocycles. The number of thiol groups is 1. The van der Waals surface area contributed by atoms with Crippen molar-refractivity contribution in [3.63, 3.8) is 0 Å². The summed E-state index contributed by atoms with van der Waals surface area (Å²) < 4.78 is 0. The van der Waals surface area contributed by atoms with E-state index in [9.17, 15) is 4.79 Å². The fraction of sp³-hybridized carbons (Fsp3) is 0.933. The molecule has 0 spiro atoms. The summed E-state index contributed by atoms with van der Waals surface area (Å²) in [5.41, 5.74) is 0.359. The third-order valence-electron chi connectivity index (χ3n) is 4.15. The molecule has 2 nitrogen and oxygen atoms in total. The predicted molar refractivity (Wildman–Crippen MR) is 81.0 cm³/mol. The van der Waals surface area contributed by atoms with Gasteiger partial charge < -0.3 is 4.90 Å². The molecule has 106 valence electrons. The van der Waals surface area contributed by atoms with Crippen LogP contribution in [0, 0.1) is 17.3 Å². The normalized spacial score (nSPS) is 23.9. The first-order chi connectivity index (χ1) is 8.23. The minimum atomic E-state index is -0.142. The lowest BCUT2D eigenvalue weighted by atomic mass is 9.77. The van der Waals surface area contributed by atoms with E-state index in [2.05, 4.69) is 47.2 Å². The van der Waals surface area contributed by atoms with Gasteiger partial charge in [0, 0.05) is 13.1 Å². The van der Waals surface area contributed by atoms with Crippen LogP contribution in [0.5, 0.6) is 0 Å². The number of carbonyl (C=O) groups is 1. The Balaban J connectivity index is 2.59. The number of amides is 1. The number of carbonyl (C=O) groups excluding carboxylic acids is 1. The van der Waals surface area contributed by atoms with Gasteiger partial charge in [-0.3, -0.25) is 4.79 Å². The Labute approximate surface area is 118 Å². The van der Waals surface area contributed by atoms with Crippen LogP contribution in [0.15, 0.2) is 0 Å². The largest absolute Gasteiger partial charge is 0.342 e. The molecule has 1 rings (SSSR count). The highest BCUT2D eigenvalue weighted by Gasteiger charge is 2.30. The zero-order chi connectivity index (χ0) is 13.9. The Morgan fingerprint density at radius 1 is 1.22 bits per heavy atom. The smallest absolute Gasteiger partial charge is 0.235 e. The number of rotatable bonds is 2. The van der Waals surface area contributed by atoms with E-state index in [4.69, 9.17) is 0 Å². The topological polar surface area (TPSA) is 20.3 Å². The minimum absolute atomic E-state index is 0.142. The van der Waals surface area contributed by atoms with E-state index < -0.39 is 0 Å². The highest BCUT2D eigenvalue weighted by molar-refractivity contribution is 7.81. The monoisotopic (exact) mass is 271 g/mol. The summed E-state index contributed by atoms with van der Waals surface area (Å²) in [5.74, 6) is 1.26. The third kappa shape index (κ3) is 4.18. The van der Waals surface area contributed by atoms with Crippen molar-refractivity contribution in [3.8, 4) is 0 Å². The molecule has 2 atom stereocenters. The maximum Gasteiger partial charge on any atom is 0.235 e. The van der Waals surface area contributed by atoms with Crippen LogP contribution in [0.4, 0.5) is 0 Å². The predicted octanol–water partition coefficient (Wildman–Crippen LogP) is 3.62. The molecule has 18 heavy (non-hydrogen) atoms. The molecule has 0 aromatic rings. The van der Waals surface area contributed by atoms with Gasteiger partial charge in [0.05, 0.1) is 5.25 Å². The summed E-state index contributed by atoms with van der Waals surface area (Å²) in [6, 6.07) is 0. The van der Waals surface area contributed by atoms with Gasteiger partial charge in [0.2, 0.25) is 5.91 Å². The molecule has 0 radical (unpaired) electrons. The molecule has 3 heteroatoms. The van der Waals surface area contributed by atoms with E-state index in [0.29, 0.717) is 11.3 Å². The highest BCUT2D eigenvalue weighted by Crippen LogP contribution is 2.34. The lowest BCUT2D eigenvalue weighted by Gasteiger charge is -2.30. The van der Waals surface area contributed by atoms with Crippen LogP contribution in [0.2, 0.25) is 0 Å². The molecule has 1 aliphatic heterocycles. The molecule has 0 bridgehead atoms. The van der Waals surface area contributed by atoms with Crippen LogP contribution >= 0.6 is 12.6 Å². The number of hydrogen-bond donors (Lipinski definition) is 1. The quantitative estimate of drug-likeness (QED) is 0.761. The van der Waals surface area contributed by atoms with Crippen LogP contribution in [-0.4, -0.2) is 29.1 Å². The van der Waals surface area contributed by atoms with Crippen molar-refractivity contribution < 1.29 is 4.79 Å². The van der Waals surface area contributed by atoms with E-state index >= 15 is 0 Å². The highest BCUT2D eigenvalue weighted by atomic mass is 32.1. The molecule has 0 aromatic carbocycles. The SMILES string of the molecule is CC(C)C(S)C(=O)N1CCCC(C(C)(C)C)CC1. The third-order valence-corrected chi connectivity index (χ3v) is 4.97. The summed E-state index contributed by atoms with van der Waals surface area (Å²) in [6.07, 6.45) is 3.51. The maximum absolute atomic E-state index is 12.3. The van der Waals surface area contributed by atoms with Crippen LogP contribution in [0.25, 0.3) is 0 Å². The molecular formula is C15H29NOS. The minimum Gasteiger partial charge on any atom is -0.342 e. The summed E-state index contributed by atoms with van der Waals surface area (Å²) in [4.78, 5) is 14.3. The van der Waals surface area contributed by atoms with Crippen molar-refractivity contribution in [2.45, 2.75) is 59.1 Å². The number of hydrogen-bond acceptors (Lipinski definition) is 2. The van der Waals surface area contributed by atoms with Crippen molar-refractivity contribution >= 4 is 18.5 Å². The summed E-state index contributed by atoms with van der Waals surface area (Å²) in [5, 5.41) is -0.142. The van der Waals surface area contributed by atoms with Crippen molar-refractivity contribution in [1.82, 2.24) is 4.90 Å². The Hall–Kier alpha value is -0.180. The molecule has 0 N–H and O–H groups in total. The van der Waals surface area contributed by atoms with Gasteiger partial charge in [0.1, 0.15) is 0 Å². The average molecular weight is 271 g/mol. The summed E-state index contributed by atoms with van der Waals surface area (Å²) in [7, 11) is 0. The maximum atomic E-state index is 12.3. The van der Waals surface area contributed by atoms with Crippen molar-refractivity contribution in [1.29, 1.82) is 0 Å². The standard InChI is InChI=1S/C15H29NOS/c1-11(2)13(18)14(17)16-9-6-7-12(8-10-16)15(3,4)5/h11-13,18H,6-10H2,1-5H3. The molecule has 1 heterocycles. The Bertz CT molecular complexity index is 283. The molecular weight excluding hydrogens is 242 g/mol. The first-order valence-electron chi connectivity index (χ1n) is 7.20. The summed E-state index contributed by atoms with van der Waals surface area (Å²) >= 11 is 4.45. The molecule has 1 fully saturated rings. The second-order valence-corrected chi connectivity index (χ2v) is 7.56. The van der Waals surface area contributed by atoms with Crippen LogP contribution in [-0.2, 0) is 4.79 Å². The van der Waals surface area contributed by atoms with Crippen molar-refractivity contribution in [3.05, 3.63) is 0 Å². The summed E-state index contributed by atoms with van der Waals surface area (Å²) in [6.45, 7) is 12.9. The van der Waals surface area contributed by atoms with E-state index in [1.54, 1.807) is 0 Å². The molecule has 2 unspecified atom stereocenters. The Kier molecular flexibility index (Phi) is 5.57. The number of likely N-dealkylation sites (tertiary alicyclic amines) is 1. The van der Waals surface area contributed by atoms with E-state index in [0.717, 1.165) is 31.8 Å². The number of nitrogens with zero attached hydrogens (tertiary/aromatic N) is 1. The molecule has 0 aromatic heterocycles. The van der Waals surface area contributed by atoms with Gasteiger partial charge in [0.15, 0.2) is 0 Å². The van der Waals surface area contributed by atoms with Gasteiger partial charge >= 0.3 is 0 Å². The fourth-order valence-corrected chi connectivity index (χ4v) is 2.82. The second-order valence-electron chi connectivity index (χ2n) is 7.01. The van der Waals surface area contributed by atoms with Gasteiger partial charge in [0.25, 0.3) is 0 Å². The van der Waals surface area contributed by atoms with Gasteiger partial charge in [-0.05, 0) is 36.5 Å². The van der Waals surface area contributed by atoms with E-state index in [1.807, 2.05) is 4.90 Å². The van der Waals surface area contributed by atoms with Gasteiger partial charge in [-0.15, -0.1) is 0 Å². The zero-order valence-corrected chi connectivity index (χ0v) is 13.5. The lowest BCUT2D eigenvalue weighted by molar-refractivity contribution is -0.131. The zero-order valence-electron chi connectivity index (χ0n) is 12.6. The Morgan fingerprint density at radius 2 is 1.83 bits per heavy atom. The molecule has 1 saturated heterocycles.